The standard InChI is InChI=1S/C14H19N2O3S/c17-20(18,15-9-4-5-10-15)16-11-8-14(12-16)19-13-6-2-1-3-7-13/h2-3,6-7,14H,4-5,8-12H2. The molecule has 0 N–H and O–H groups in total. The number of benzene rings is 1. The van der Waals surface area contributed by atoms with Crippen molar-refractivity contribution in [2.45, 2.75) is 25.4 Å². The maximum atomic E-state index is 12.4. The Balaban J connectivity index is 1.62. The van der Waals surface area contributed by atoms with E-state index in [1.807, 2.05) is 12.1 Å². The zero-order chi connectivity index (χ0) is 14.0. The van der Waals surface area contributed by atoms with Crippen LogP contribution < -0.4 is 4.74 Å². The smallest absolute Gasteiger partial charge is 0.282 e. The van der Waals surface area contributed by atoms with Gasteiger partial charge in [-0.2, -0.15) is 17.0 Å². The first-order chi connectivity index (χ1) is 9.66. The molecule has 0 aromatic heterocycles. The second-order valence-electron chi connectivity index (χ2n) is 5.24. The molecular weight excluding hydrogens is 276 g/mol. The molecule has 2 heterocycles. The van der Waals surface area contributed by atoms with Gasteiger partial charge in [0.15, 0.2) is 0 Å². The van der Waals surface area contributed by atoms with Crippen LogP contribution in [0.25, 0.3) is 0 Å². The molecule has 5 nitrogen and oxygen atoms in total. The second-order valence-corrected chi connectivity index (χ2v) is 7.16. The molecule has 2 aliphatic heterocycles. The van der Waals surface area contributed by atoms with E-state index in [1.165, 1.54) is 0 Å². The number of nitrogens with zero attached hydrogens (tertiary/aromatic N) is 2. The van der Waals surface area contributed by atoms with E-state index in [1.54, 1.807) is 20.7 Å². The Kier molecular flexibility index (Phi) is 3.96. The fraction of sp³-hybridized carbons (Fsp3) is 0.571. The van der Waals surface area contributed by atoms with Gasteiger partial charge in [0.2, 0.25) is 0 Å². The summed E-state index contributed by atoms with van der Waals surface area (Å²) in [6.45, 7) is 2.29. The third-order valence-corrected chi connectivity index (χ3v) is 5.82. The van der Waals surface area contributed by atoms with Gasteiger partial charge in [-0.25, -0.2) is 0 Å². The Morgan fingerprint density at radius 3 is 2.50 bits per heavy atom. The SMILES string of the molecule is O=S(=O)(N1CCCC1)N1CCC(Oc2cc[c]cc2)C1. The largest absolute Gasteiger partial charge is 0.489 e. The first kappa shape index (κ1) is 13.9. The summed E-state index contributed by atoms with van der Waals surface area (Å²) in [6, 6.07) is 10.2. The van der Waals surface area contributed by atoms with E-state index in [0.717, 1.165) is 25.0 Å². The average Bonchev–Trinajstić information content (AvgIpc) is 3.11. The number of hydrogen-bond donors (Lipinski definition) is 0. The van der Waals surface area contributed by atoms with Crippen LogP contribution in [0, 0.1) is 6.07 Å². The van der Waals surface area contributed by atoms with Crippen molar-refractivity contribution < 1.29 is 13.2 Å². The van der Waals surface area contributed by atoms with Crippen molar-refractivity contribution >= 4 is 10.2 Å². The minimum atomic E-state index is -3.28. The Morgan fingerprint density at radius 1 is 1.10 bits per heavy atom. The lowest BCUT2D eigenvalue weighted by molar-refractivity contribution is 0.214. The molecule has 109 valence electrons. The molecule has 2 fully saturated rings. The van der Waals surface area contributed by atoms with Crippen LogP contribution in [0.1, 0.15) is 19.3 Å². The molecule has 1 atom stereocenters. The highest BCUT2D eigenvalue weighted by atomic mass is 32.2. The zero-order valence-corrected chi connectivity index (χ0v) is 12.2. The maximum Gasteiger partial charge on any atom is 0.282 e. The summed E-state index contributed by atoms with van der Waals surface area (Å²) in [5.74, 6) is 0.772. The summed E-state index contributed by atoms with van der Waals surface area (Å²) >= 11 is 0. The van der Waals surface area contributed by atoms with E-state index in [-0.39, 0.29) is 6.10 Å². The predicted octanol–water partition coefficient (Wildman–Crippen LogP) is 1.28. The molecule has 0 amide bonds. The lowest BCUT2D eigenvalue weighted by Crippen LogP contribution is -2.41. The van der Waals surface area contributed by atoms with Crippen molar-refractivity contribution in [2.24, 2.45) is 0 Å². The van der Waals surface area contributed by atoms with E-state index >= 15 is 0 Å². The van der Waals surface area contributed by atoms with Crippen molar-refractivity contribution in [2.75, 3.05) is 26.2 Å². The van der Waals surface area contributed by atoms with Gasteiger partial charge in [-0.15, -0.1) is 0 Å². The molecule has 20 heavy (non-hydrogen) atoms. The molecule has 0 spiro atoms. The summed E-state index contributed by atoms with van der Waals surface area (Å²) in [4.78, 5) is 0. The van der Waals surface area contributed by atoms with Crippen LogP contribution in [-0.4, -0.2) is 49.3 Å². The third-order valence-electron chi connectivity index (χ3n) is 3.82. The molecule has 0 saturated carbocycles. The number of hydrogen-bond acceptors (Lipinski definition) is 3. The Bertz CT molecular complexity index is 541. The minimum absolute atomic E-state index is 0.0604. The molecule has 3 rings (SSSR count). The normalized spacial score (nSPS) is 25.1. The van der Waals surface area contributed by atoms with Crippen LogP contribution in [-0.2, 0) is 10.2 Å². The molecule has 0 bridgehead atoms. The van der Waals surface area contributed by atoms with Gasteiger partial charge in [0.05, 0.1) is 6.54 Å². The minimum Gasteiger partial charge on any atom is -0.489 e. The average molecular weight is 295 g/mol. The van der Waals surface area contributed by atoms with Crippen LogP contribution in [0.15, 0.2) is 24.3 Å². The Morgan fingerprint density at radius 2 is 1.80 bits per heavy atom. The molecule has 1 unspecified atom stereocenters. The maximum absolute atomic E-state index is 12.4. The van der Waals surface area contributed by atoms with Crippen molar-refractivity contribution in [3.05, 3.63) is 30.3 Å². The van der Waals surface area contributed by atoms with Crippen LogP contribution in [0.3, 0.4) is 0 Å². The fourth-order valence-corrected chi connectivity index (χ4v) is 4.47. The molecule has 0 aliphatic carbocycles. The van der Waals surface area contributed by atoms with E-state index in [2.05, 4.69) is 6.07 Å². The highest BCUT2D eigenvalue weighted by Crippen LogP contribution is 2.23. The summed E-state index contributed by atoms with van der Waals surface area (Å²) in [7, 11) is -3.28. The second kappa shape index (κ2) is 5.71. The van der Waals surface area contributed by atoms with Crippen molar-refractivity contribution in [1.82, 2.24) is 8.61 Å². The third kappa shape index (κ3) is 2.82. The van der Waals surface area contributed by atoms with E-state index < -0.39 is 10.2 Å². The summed E-state index contributed by atoms with van der Waals surface area (Å²) in [5, 5.41) is 0. The molecule has 2 saturated heterocycles. The molecule has 1 radical (unpaired) electrons. The van der Waals surface area contributed by atoms with Gasteiger partial charge >= 0.3 is 0 Å². The summed E-state index contributed by atoms with van der Waals surface area (Å²) in [6.07, 6.45) is 2.61. The van der Waals surface area contributed by atoms with Gasteiger partial charge in [0.25, 0.3) is 10.2 Å². The number of rotatable bonds is 4. The van der Waals surface area contributed by atoms with Crippen molar-refractivity contribution in [1.29, 1.82) is 0 Å². The topological polar surface area (TPSA) is 49.9 Å². The van der Waals surface area contributed by atoms with Crippen LogP contribution >= 0.6 is 0 Å². The van der Waals surface area contributed by atoms with Crippen LogP contribution in [0.4, 0.5) is 0 Å². The van der Waals surface area contributed by atoms with Gasteiger partial charge < -0.3 is 4.74 Å². The molecule has 1 aromatic carbocycles. The van der Waals surface area contributed by atoms with Gasteiger partial charge in [-0.3, -0.25) is 0 Å². The van der Waals surface area contributed by atoms with Gasteiger partial charge in [0, 0.05) is 19.6 Å². The van der Waals surface area contributed by atoms with Crippen LogP contribution in [0.2, 0.25) is 0 Å². The summed E-state index contributed by atoms with van der Waals surface area (Å²) in [5.41, 5.74) is 0. The predicted molar refractivity (Wildman–Crippen MR) is 75.6 cm³/mol. The van der Waals surface area contributed by atoms with Gasteiger partial charge in [0.1, 0.15) is 11.9 Å². The number of ether oxygens (including phenoxy) is 1. The lowest BCUT2D eigenvalue weighted by Gasteiger charge is -2.23. The fourth-order valence-electron chi connectivity index (χ4n) is 2.73. The quantitative estimate of drug-likeness (QED) is 0.841. The molecule has 1 aromatic rings. The van der Waals surface area contributed by atoms with Crippen molar-refractivity contribution in [3.8, 4) is 5.75 Å². The first-order valence-corrected chi connectivity index (χ1v) is 8.44. The molecular formula is C14H19N2O3S. The lowest BCUT2D eigenvalue weighted by atomic mass is 10.3. The van der Waals surface area contributed by atoms with E-state index in [9.17, 15) is 8.42 Å². The van der Waals surface area contributed by atoms with Crippen molar-refractivity contribution in [3.63, 3.8) is 0 Å². The van der Waals surface area contributed by atoms with Gasteiger partial charge in [-0.05, 0) is 37.5 Å². The van der Waals surface area contributed by atoms with Gasteiger partial charge in [-0.1, -0.05) is 12.1 Å². The monoisotopic (exact) mass is 295 g/mol. The zero-order valence-electron chi connectivity index (χ0n) is 11.4. The van der Waals surface area contributed by atoms with E-state index in [0.29, 0.717) is 26.2 Å². The first-order valence-electron chi connectivity index (χ1n) is 7.04. The molecule has 6 heteroatoms. The Labute approximate surface area is 120 Å². The van der Waals surface area contributed by atoms with E-state index in [4.69, 9.17) is 4.74 Å². The highest BCUT2D eigenvalue weighted by Gasteiger charge is 2.37. The Hall–Kier alpha value is -1.11. The highest BCUT2D eigenvalue weighted by molar-refractivity contribution is 7.86. The van der Waals surface area contributed by atoms with Crippen LogP contribution in [0.5, 0.6) is 5.75 Å². The molecule has 2 aliphatic rings. The summed E-state index contributed by atoms with van der Waals surface area (Å²) < 4.78 is 33.8.